The van der Waals surface area contributed by atoms with Gasteiger partial charge in [0.15, 0.2) is 0 Å². The van der Waals surface area contributed by atoms with Crippen molar-refractivity contribution in [1.82, 2.24) is 9.88 Å². The Bertz CT molecular complexity index is 617. The smallest absolute Gasteiger partial charge is 0.0737 e. The highest BCUT2D eigenvalue weighted by Gasteiger charge is 2.29. The van der Waals surface area contributed by atoms with Gasteiger partial charge in [-0.25, -0.2) is 0 Å². The van der Waals surface area contributed by atoms with Gasteiger partial charge in [0.05, 0.1) is 30.8 Å². The summed E-state index contributed by atoms with van der Waals surface area (Å²) in [4.78, 5) is 6.56. The second-order valence-electron chi connectivity index (χ2n) is 5.34. The molecule has 106 valence electrons. The van der Waals surface area contributed by atoms with Crippen molar-refractivity contribution in [2.24, 2.45) is 0 Å². The quantitative estimate of drug-likeness (QED) is 0.943. The molecule has 1 aliphatic rings. The highest BCUT2D eigenvalue weighted by molar-refractivity contribution is 6.31. The summed E-state index contributed by atoms with van der Waals surface area (Å²) in [6.45, 7) is 1.49. The normalized spacial score (nSPS) is 22.6. The van der Waals surface area contributed by atoms with E-state index < -0.39 is 0 Å². The molecule has 4 nitrogen and oxygen atoms in total. The average molecular weight is 292 g/mol. The first-order valence-corrected chi connectivity index (χ1v) is 7.08. The van der Waals surface area contributed by atoms with Crippen LogP contribution in [0.2, 0.25) is 5.02 Å². The van der Waals surface area contributed by atoms with Crippen LogP contribution in [-0.2, 0) is 4.74 Å². The summed E-state index contributed by atoms with van der Waals surface area (Å²) >= 11 is 6.02. The Hall–Kier alpha value is -1.36. The van der Waals surface area contributed by atoms with Gasteiger partial charge in [0, 0.05) is 22.3 Å². The molecule has 2 atom stereocenters. The molecular formula is C15H18ClN3O. The van der Waals surface area contributed by atoms with E-state index in [0.717, 1.165) is 29.8 Å². The van der Waals surface area contributed by atoms with Crippen LogP contribution in [-0.4, -0.2) is 49.3 Å². The predicted molar refractivity (Wildman–Crippen MR) is 82.5 cm³/mol. The lowest BCUT2D eigenvalue weighted by atomic mass is 10.1. The second kappa shape index (κ2) is 5.56. The number of hydrogen-bond acceptors (Lipinski definition) is 4. The minimum absolute atomic E-state index is 0.284. The van der Waals surface area contributed by atoms with Crippen LogP contribution in [0, 0.1) is 0 Å². The van der Waals surface area contributed by atoms with Gasteiger partial charge in [-0.05, 0) is 38.4 Å². The Kier molecular flexibility index (Phi) is 3.78. The minimum atomic E-state index is 0.284. The third kappa shape index (κ3) is 2.59. The van der Waals surface area contributed by atoms with E-state index in [1.54, 1.807) is 0 Å². The number of fused-ring (bicyclic) bond motifs is 1. The van der Waals surface area contributed by atoms with Gasteiger partial charge in [0.2, 0.25) is 0 Å². The van der Waals surface area contributed by atoms with Crippen molar-refractivity contribution in [2.45, 2.75) is 12.1 Å². The number of nitrogens with one attached hydrogen (secondary N) is 1. The number of ether oxygens (including phenoxy) is 1. The fourth-order valence-electron chi connectivity index (χ4n) is 2.64. The van der Waals surface area contributed by atoms with Crippen LogP contribution in [0.15, 0.2) is 30.5 Å². The Morgan fingerprint density at radius 2 is 2.15 bits per heavy atom. The van der Waals surface area contributed by atoms with Gasteiger partial charge in [-0.2, -0.15) is 0 Å². The Morgan fingerprint density at radius 3 is 2.95 bits per heavy atom. The predicted octanol–water partition coefficient (Wildman–Crippen LogP) is 2.63. The zero-order chi connectivity index (χ0) is 14.1. The minimum Gasteiger partial charge on any atom is -0.378 e. The molecule has 1 aromatic heterocycles. The molecule has 1 fully saturated rings. The molecule has 5 heteroatoms. The van der Waals surface area contributed by atoms with Crippen molar-refractivity contribution < 1.29 is 4.74 Å². The maximum atomic E-state index is 6.02. The average Bonchev–Trinajstić information content (AvgIpc) is 2.87. The molecule has 0 aliphatic carbocycles. The maximum absolute atomic E-state index is 6.02. The fourth-order valence-corrected chi connectivity index (χ4v) is 2.80. The lowest BCUT2D eigenvalue weighted by molar-refractivity contribution is 0.170. The van der Waals surface area contributed by atoms with E-state index in [0.29, 0.717) is 11.1 Å². The molecule has 1 saturated heterocycles. The van der Waals surface area contributed by atoms with E-state index in [9.17, 15) is 0 Å². The third-order valence-electron chi connectivity index (χ3n) is 3.76. The maximum Gasteiger partial charge on any atom is 0.0737 e. The van der Waals surface area contributed by atoms with Gasteiger partial charge < -0.3 is 15.0 Å². The van der Waals surface area contributed by atoms with E-state index in [1.807, 2.05) is 30.5 Å². The molecule has 1 N–H and O–H groups in total. The molecule has 2 aromatic rings. The molecule has 3 rings (SSSR count). The van der Waals surface area contributed by atoms with E-state index >= 15 is 0 Å². The summed E-state index contributed by atoms with van der Waals surface area (Å²) in [6, 6.07) is 8.45. The fraction of sp³-hybridized carbons (Fsp3) is 0.400. The van der Waals surface area contributed by atoms with Gasteiger partial charge in [0.25, 0.3) is 0 Å². The van der Waals surface area contributed by atoms with Crippen molar-refractivity contribution in [3.8, 4) is 0 Å². The molecule has 0 unspecified atom stereocenters. The Morgan fingerprint density at radius 1 is 1.30 bits per heavy atom. The van der Waals surface area contributed by atoms with Crippen LogP contribution in [0.25, 0.3) is 10.9 Å². The number of nitrogens with zero attached hydrogens (tertiary/aromatic N) is 2. The van der Waals surface area contributed by atoms with Crippen molar-refractivity contribution >= 4 is 28.2 Å². The van der Waals surface area contributed by atoms with Crippen molar-refractivity contribution in [2.75, 3.05) is 32.6 Å². The summed E-state index contributed by atoms with van der Waals surface area (Å²) in [7, 11) is 4.16. The zero-order valence-corrected chi connectivity index (χ0v) is 12.4. The number of anilines is 1. The Labute approximate surface area is 123 Å². The SMILES string of the molecule is CN(C)[C@@H]1COC[C@H]1Nc1ccnc2cc(Cl)ccc12. The number of benzene rings is 1. The molecule has 2 heterocycles. The lowest BCUT2D eigenvalue weighted by Crippen LogP contribution is -2.42. The number of rotatable bonds is 3. The van der Waals surface area contributed by atoms with Gasteiger partial charge >= 0.3 is 0 Å². The molecule has 1 aromatic carbocycles. The van der Waals surface area contributed by atoms with Crippen molar-refractivity contribution in [3.63, 3.8) is 0 Å². The van der Waals surface area contributed by atoms with E-state index in [-0.39, 0.29) is 6.04 Å². The van der Waals surface area contributed by atoms with Crippen LogP contribution in [0.3, 0.4) is 0 Å². The standard InChI is InChI=1S/C15H18ClN3O/c1-19(2)15-9-20-8-14(15)18-12-5-6-17-13-7-10(16)3-4-11(12)13/h3-7,14-15H,8-9H2,1-2H3,(H,17,18)/t14-,15-/m1/s1. The van der Waals surface area contributed by atoms with Crippen molar-refractivity contribution in [1.29, 1.82) is 0 Å². The summed E-state index contributed by atoms with van der Waals surface area (Å²) in [5, 5.41) is 5.38. The van der Waals surface area contributed by atoms with E-state index in [4.69, 9.17) is 16.3 Å². The second-order valence-corrected chi connectivity index (χ2v) is 5.78. The highest BCUT2D eigenvalue weighted by Crippen LogP contribution is 2.26. The summed E-state index contributed by atoms with van der Waals surface area (Å²) in [5.41, 5.74) is 1.98. The number of pyridine rings is 1. The lowest BCUT2D eigenvalue weighted by Gasteiger charge is -2.26. The molecule has 0 saturated carbocycles. The topological polar surface area (TPSA) is 37.4 Å². The summed E-state index contributed by atoms with van der Waals surface area (Å²) in [5.74, 6) is 0. The zero-order valence-electron chi connectivity index (χ0n) is 11.6. The molecule has 20 heavy (non-hydrogen) atoms. The Balaban J connectivity index is 1.91. The van der Waals surface area contributed by atoms with Crippen molar-refractivity contribution in [3.05, 3.63) is 35.5 Å². The van der Waals surface area contributed by atoms with E-state index in [1.165, 1.54) is 0 Å². The van der Waals surface area contributed by atoms with Gasteiger partial charge in [0.1, 0.15) is 0 Å². The first-order valence-electron chi connectivity index (χ1n) is 6.70. The molecule has 0 amide bonds. The number of hydrogen-bond donors (Lipinski definition) is 1. The molecule has 0 spiro atoms. The number of aromatic nitrogens is 1. The largest absolute Gasteiger partial charge is 0.378 e. The summed E-state index contributed by atoms with van der Waals surface area (Å²) < 4.78 is 5.59. The number of halogens is 1. The highest BCUT2D eigenvalue weighted by atomic mass is 35.5. The van der Waals surface area contributed by atoms with Crippen LogP contribution in [0.1, 0.15) is 0 Å². The van der Waals surface area contributed by atoms with Gasteiger partial charge in [-0.1, -0.05) is 11.6 Å². The van der Waals surface area contributed by atoms with Gasteiger partial charge in [-0.3, -0.25) is 4.98 Å². The van der Waals surface area contributed by atoms with Crippen LogP contribution in [0.4, 0.5) is 5.69 Å². The van der Waals surface area contributed by atoms with Crippen LogP contribution < -0.4 is 5.32 Å². The first-order chi connectivity index (χ1) is 9.65. The van der Waals surface area contributed by atoms with Crippen LogP contribution in [0.5, 0.6) is 0 Å². The molecule has 0 bridgehead atoms. The monoisotopic (exact) mass is 291 g/mol. The molecular weight excluding hydrogens is 274 g/mol. The molecule has 0 radical (unpaired) electrons. The number of likely N-dealkylation sites (N-methyl/N-ethyl adjacent to an activating group) is 1. The van der Waals surface area contributed by atoms with Gasteiger partial charge in [-0.15, -0.1) is 0 Å². The summed E-state index contributed by atoms with van der Waals surface area (Å²) in [6.07, 6.45) is 1.81. The first kappa shape index (κ1) is 13.6. The molecule has 1 aliphatic heterocycles. The third-order valence-corrected chi connectivity index (χ3v) is 3.99. The van der Waals surface area contributed by atoms with Crippen LogP contribution >= 0.6 is 11.6 Å². The van der Waals surface area contributed by atoms with E-state index in [2.05, 4.69) is 29.3 Å².